The van der Waals surface area contributed by atoms with E-state index < -0.39 is 5.41 Å². The third-order valence-corrected chi connectivity index (χ3v) is 8.59. The molecule has 4 rings (SSSR count). The first kappa shape index (κ1) is 18.0. The van der Waals surface area contributed by atoms with Gasteiger partial charge in [0.2, 0.25) is 5.91 Å². The molecule has 2 aliphatic carbocycles. The molecule has 0 unspecified atom stereocenters. The standard InChI is InChI=1S/C21H29N3OS/c1-23(2)21(17-5-3-14-26-17)10-8-19(9-11-21)12-13-24(16-19)18(25)20(15-22)6-4-7-20/h3,5,14H,4,6-13,16H2,1-2H3. The summed E-state index contributed by atoms with van der Waals surface area (Å²) in [6.45, 7) is 1.71. The van der Waals surface area contributed by atoms with Crippen LogP contribution in [0.3, 0.4) is 0 Å². The van der Waals surface area contributed by atoms with Gasteiger partial charge in [-0.25, -0.2) is 0 Å². The second kappa shape index (κ2) is 6.35. The van der Waals surface area contributed by atoms with Crippen LogP contribution >= 0.6 is 11.3 Å². The summed E-state index contributed by atoms with van der Waals surface area (Å²) in [5.41, 5.74) is -0.268. The van der Waals surface area contributed by atoms with Gasteiger partial charge >= 0.3 is 0 Å². The van der Waals surface area contributed by atoms with E-state index in [1.54, 1.807) is 0 Å². The van der Waals surface area contributed by atoms with Crippen molar-refractivity contribution in [2.24, 2.45) is 10.8 Å². The second-order valence-electron chi connectivity index (χ2n) is 8.93. The summed E-state index contributed by atoms with van der Waals surface area (Å²) < 4.78 is 0. The molecule has 0 radical (unpaired) electrons. The van der Waals surface area contributed by atoms with E-state index in [4.69, 9.17) is 0 Å². The van der Waals surface area contributed by atoms with E-state index >= 15 is 0 Å². The second-order valence-corrected chi connectivity index (χ2v) is 9.88. The fraction of sp³-hybridized carbons (Fsp3) is 0.714. The van der Waals surface area contributed by atoms with Crippen LogP contribution in [0.25, 0.3) is 0 Å². The monoisotopic (exact) mass is 371 g/mol. The molecule has 0 atom stereocenters. The summed E-state index contributed by atoms with van der Waals surface area (Å²) in [5, 5.41) is 11.7. The van der Waals surface area contributed by atoms with Crippen molar-refractivity contribution in [1.82, 2.24) is 9.80 Å². The van der Waals surface area contributed by atoms with Gasteiger partial charge in [-0.1, -0.05) is 6.07 Å². The average molecular weight is 372 g/mol. The molecule has 2 saturated carbocycles. The Morgan fingerprint density at radius 1 is 1.19 bits per heavy atom. The van der Waals surface area contributed by atoms with Gasteiger partial charge in [-0.05, 0) is 82.3 Å². The molecule has 3 aliphatic rings. The molecule has 1 aromatic heterocycles. The molecule has 0 aromatic carbocycles. The molecule has 0 bridgehead atoms. The van der Waals surface area contributed by atoms with E-state index in [9.17, 15) is 10.1 Å². The van der Waals surface area contributed by atoms with Crippen LogP contribution in [0, 0.1) is 22.2 Å². The Kier molecular flexibility index (Phi) is 4.40. The van der Waals surface area contributed by atoms with Gasteiger partial charge in [0.25, 0.3) is 0 Å². The van der Waals surface area contributed by atoms with E-state index in [1.165, 1.54) is 17.7 Å². The quantitative estimate of drug-likeness (QED) is 0.807. The van der Waals surface area contributed by atoms with Crippen LogP contribution in [0.4, 0.5) is 0 Å². The van der Waals surface area contributed by atoms with Crippen molar-refractivity contribution in [2.75, 3.05) is 27.2 Å². The first-order chi connectivity index (χ1) is 12.5. The van der Waals surface area contributed by atoms with Crippen molar-refractivity contribution >= 4 is 17.2 Å². The van der Waals surface area contributed by atoms with Crippen LogP contribution in [0.5, 0.6) is 0 Å². The zero-order valence-electron chi connectivity index (χ0n) is 16.0. The SMILES string of the molecule is CN(C)C1(c2cccs2)CCC2(CCN(C(=O)C3(C#N)CCC3)C2)CC1. The Balaban J connectivity index is 1.46. The summed E-state index contributed by atoms with van der Waals surface area (Å²) in [6.07, 6.45) is 8.30. The van der Waals surface area contributed by atoms with E-state index in [1.807, 2.05) is 16.2 Å². The lowest BCUT2D eigenvalue weighted by molar-refractivity contribution is -0.142. The number of hydrogen-bond donors (Lipinski definition) is 0. The lowest BCUT2D eigenvalue weighted by atomic mass is 9.65. The number of rotatable bonds is 3. The highest BCUT2D eigenvalue weighted by atomic mass is 32.1. The van der Waals surface area contributed by atoms with E-state index in [2.05, 4.69) is 42.6 Å². The van der Waals surface area contributed by atoms with Gasteiger partial charge in [0, 0.05) is 18.0 Å². The van der Waals surface area contributed by atoms with Crippen molar-refractivity contribution in [3.8, 4) is 6.07 Å². The summed E-state index contributed by atoms with van der Waals surface area (Å²) >= 11 is 1.87. The third-order valence-electron chi connectivity index (χ3n) is 7.53. The highest BCUT2D eigenvalue weighted by molar-refractivity contribution is 7.10. The topological polar surface area (TPSA) is 47.3 Å². The Hall–Kier alpha value is -1.38. The van der Waals surface area contributed by atoms with Crippen LogP contribution in [-0.2, 0) is 10.3 Å². The number of amides is 1. The van der Waals surface area contributed by atoms with Crippen molar-refractivity contribution in [3.05, 3.63) is 22.4 Å². The van der Waals surface area contributed by atoms with Crippen molar-refractivity contribution < 1.29 is 4.79 Å². The predicted molar refractivity (Wildman–Crippen MR) is 104 cm³/mol. The van der Waals surface area contributed by atoms with Gasteiger partial charge in [0.1, 0.15) is 5.41 Å². The summed E-state index contributed by atoms with van der Waals surface area (Å²) in [5.74, 6) is 0.117. The zero-order valence-corrected chi connectivity index (χ0v) is 16.8. The summed E-state index contributed by atoms with van der Waals surface area (Å²) in [6, 6.07) is 6.77. The van der Waals surface area contributed by atoms with Gasteiger partial charge in [-0.3, -0.25) is 9.69 Å². The van der Waals surface area contributed by atoms with Crippen LogP contribution < -0.4 is 0 Å². The van der Waals surface area contributed by atoms with Crippen molar-refractivity contribution in [3.63, 3.8) is 0 Å². The lowest BCUT2D eigenvalue weighted by Crippen LogP contribution is -2.49. The molecule has 2 heterocycles. The number of carbonyl (C=O) groups excluding carboxylic acids is 1. The minimum atomic E-state index is -0.690. The van der Waals surface area contributed by atoms with Crippen LogP contribution in [0.1, 0.15) is 56.2 Å². The number of nitrogens with zero attached hydrogens (tertiary/aromatic N) is 3. The molecule has 1 amide bonds. The Morgan fingerprint density at radius 2 is 1.92 bits per heavy atom. The molecule has 3 fully saturated rings. The molecule has 1 aliphatic heterocycles. The fourth-order valence-electron chi connectivity index (χ4n) is 5.37. The maximum Gasteiger partial charge on any atom is 0.243 e. The lowest BCUT2D eigenvalue weighted by Gasteiger charge is -2.48. The van der Waals surface area contributed by atoms with Crippen molar-refractivity contribution in [1.29, 1.82) is 5.26 Å². The number of carbonyl (C=O) groups is 1. The van der Waals surface area contributed by atoms with E-state index in [0.29, 0.717) is 0 Å². The van der Waals surface area contributed by atoms with Crippen molar-refractivity contribution in [2.45, 2.75) is 56.9 Å². The van der Waals surface area contributed by atoms with Crippen LogP contribution in [0.2, 0.25) is 0 Å². The number of nitriles is 1. The molecule has 1 saturated heterocycles. The largest absolute Gasteiger partial charge is 0.341 e. The molecule has 26 heavy (non-hydrogen) atoms. The highest BCUT2D eigenvalue weighted by Gasteiger charge is 2.52. The Morgan fingerprint density at radius 3 is 2.42 bits per heavy atom. The van der Waals surface area contributed by atoms with Gasteiger partial charge < -0.3 is 4.90 Å². The third kappa shape index (κ3) is 2.61. The van der Waals surface area contributed by atoms with Gasteiger partial charge in [-0.15, -0.1) is 11.3 Å². The molecule has 4 nitrogen and oxygen atoms in total. The maximum absolute atomic E-state index is 12.9. The minimum Gasteiger partial charge on any atom is -0.341 e. The molecule has 140 valence electrons. The Bertz CT molecular complexity index is 706. The molecule has 5 heteroatoms. The summed E-state index contributed by atoms with van der Waals surface area (Å²) in [7, 11) is 4.41. The summed E-state index contributed by atoms with van der Waals surface area (Å²) in [4.78, 5) is 18.8. The fourth-order valence-corrected chi connectivity index (χ4v) is 6.44. The zero-order chi connectivity index (χ0) is 18.4. The first-order valence-electron chi connectivity index (χ1n) is 9.88. The number of hydrogen-bond acceptors (Lipinski definition) is 4. The average Bonchev–Trinajstić information content (AvgIpc) is 3.26. The first-order valence-corrected chi connectivity index (χ1v) is 10.8. The van der Waals surface area contributed by atoms with E-state index in [-0.39, 0.29) is 16.9 Å². The molecular formula is C21H29N3OS. The predicted octanol–water partition coefficient (Wildman–Crippen LogP) is 3.99. The molecular weight excluding hydrogens is 342 g/mol. The van der Waals surface area contributed by atoms with Gasteiger partial charge in [0.05, 0.1) is 11.6 Å². The van der Waals surface area contributed by atoms with E-state index in [0.717, 1.165) is 51.6 Å². The molecule has 1 spiro atoms. The Labute approximate surface area is 160 Å². The molecule has 0 N–H and O–H groups in total. The minimum absolute atomic E-state index is 0.117. The number of likely N-dealkylation sites (tertiary alicyclic amines) is 1. The highest BCUT2D eigenvalue weighted by Crippen LogP contribution is 2.53. The number of thiophene rings is 1. The van der Waals surface area contributed by atoms with Gasteiger partial charge in [0.15, 0.2) is 0 Å². The normalized spacial score (nSPS) is 33.2. The molecule has 1 aromatic rings. The maximum atomic E-state index is 12.9. The van der Waals surface area contributed by atoms with Crippen LogP contribution in [-0.4, -0.2) is 42.9 Å². The van der Waals surface area contributed by atoms with Crippen LogP contribution in [0.15, 0.2) is 17.5 Å². The smallest absolute Gasteiger partial charge is 0.243 e. The van der Waals surface area contributed by atoms with Gasteiger partial charge in [-0.2, -0.15) is 5.26 Å².